The molecule has 0 bridgehead atoms. The number of ketones is 1. The lowest BCUT2D eigenvalue weighted by molar-refractivity contribution is -0.928. The van der Waals surface area contributed by atoms with E-state index in [2.05, 4.69) is 37.4 Å². The number of ether oxygens (including phenoxy) is 2. The predicted molar refractivity (Wildman–Crippen MR) is 159 cm³/mol. The van der Waals surface area contributed by atoms with Gasteiger partial charge in [0.2, 0.25) is 5.52 Å². The number of fused-ring (bicyclic) bond motifs is 2. The molecule has 1 fully saturated rings. The summed E-state index contributed by atoms with van der Waals surface area (Å²) in [7, 11) is 5.97. The predicted octanol–water partition coefficient (Wildman–Crippen LogP) is 5.76. The number of likely N-dealkylation sites (tertiary alicyclic amines) is 1. The molecule has 41 heavy (non-hydrogen) atoms. The zero-order chi connectivity index (χ0) is 28.6. The maximum Gasteiger partial charge on any atom is 0.216 e. The molecule has 6 nitrogen and oxygen atoms in total. The summed E-state index contributed by atoms with van der Waals surface area (Å²) in [4.78, 5) is 13.6. The Hall–Kier alpha value is -3.90. The Kier molecular flexibility index (Phi) is 7.43. The van der Waals surface area contributed by atoms with Gasteiger partial charge in [0.05, 0.1) is 32.6 Å². The lowest BCUT2D eigenvalue weighted by Crippen LogP contribution is -2.49. The molecule has 0 saturated carbocycles. The number of quaternary nitrogens is 1. The third-order valence-corrected chi connectivity index (χ3v) is 9.24. The fourth-order valence-electron chi connectivity index (χ4n) is 6.80. The summed E-state index contributed by atoms with van der Waals surface area (Å²) >= 11 is 0. The van der Waals surface area contributed by atoms with E-state index >= 15 is 0 Å². The van der Waals surface area contributed by atoms with Gasteiger partial charge in [0.25, 0.3) is 0 Å². The third-order valence-electron chi connectivity index (χ3n) is 9.24. The SMILES string of the molecule is COc1cc2c(cc1OCc1ccc3c(O)cc[n+](C)c3c1)C(=O)C(CC1CC[N+](C)(Cc3ccccc3)CC1)C2. The number of methoxy groups -OCH3 is 1. The van der Waals surface area contributed by atoms with Crippen molar-refractivity contribution in [1.82, 2.24) is 0 Å². The van der Waals surface area contributed by atoms with Crippen LogP contribution in [0, 0.1) is 11.8 Å². The molecule has 212 valence electrons. The number of piperidine rings is 1. The first-order valence-corrected chi connectivity index (χ1v) is 14.7. The number of aryl methyl sites for hydroxylation is 1. The first-order valence-electron chi connectivity index (χ1n) is 14.7. The van der Waals surface area contributed by atoms with Crippen molar-refractivity contribution in [3.8, 4) is 17.2 Å². The number of hydrogen-bond acceptors (Lipinski definition) is 4. The van der Waals surface area contributed by atoms with E-state index in [-0.39, 0.29) is 17.5 Å². The van der Waals surface area contributed by atoms with Gasteiger partial charge in [0.1, 0.15) is 25.9 Å². The zero-order valence-corrected chi connectivity index (χ0v) is 24.3. The largest absolute Gasteiger partial charge is 0.507 e. The highest BCUT2D eigenvalue weighted by atomic mass is 16.5. The molecule has 3 aromatic carbocycles. The van der Waals surface area contributed by atoms with Gasteiger partial charge >= 0.3 is 0 Å². The minimum atomic E-state index is 0.0362. The molecule has 1 aromatic heterocycles. The van der Waals surface area contributed by atoms with Crippen LogP contribution < -0.4 is 14.0 Å². The van der Waals surface area contributed by atoms with E-state index in [1.807, 2.05) is 48.1 Å². The summed E-state index contributed by atoms with van der Waals surface area (Å²) in [6.45, 7) is 3.72. The summed E-state index contributed by atoms with van der Waals surface area (Å²) in [6.07, 6.45) is 5.91. The van der Waals surface area contributed by atoms with Gasteiger partial charge in [-0.05, 0) is 60.9 Å². The zero-order valence-electron chi connectivity index (χ0n) is 24.3. The van der Waals surface area contributed by atoms with E-state index in [1.54, 1.807) is 13.2 Å². The Morgan fingerprint density at radius 3 is 2.51 bits per heavy atom. The number of carbonyl (C=O) groups is 1. The van der Waals surface area contributed by atoms with Crippen molar-refractivity contribution >= 4 is 16.7 Å². The van der Waals surface area contributed by atoms with E-state index in [9.17, 15) is 9.90 Å². The number of nitrogens with zero attached hydrogens (tertiary/aromatic N) is 2. The van der Waals surface area contributed by atoms with Crippen LogP contribution in [0.5, 0.6) is 17.2 Å². The van der Waals surface area contributed by atoms with E-state index < -0.39 is 0 Å². The highest BCUT2D eigenvalue weighted by molar-refractivity contribution is 6.03. The number of Topliss-reactive ketones (excluding diaryl/α,β-unsaturated/α-hetero) is 1. The van der Waals surface area contributed by atoms with Crippen LogP contribution in [0.2, 0.25) is 0 Å². The number of aromatic hydroxyl groups is 1. The molecule has 2 aliphatic rings. The van der Waals surface area contributed by atoms with Crippen molar-refractivity contribution < 1.29 is 28.4 Å². The van der Waals surface area contributed by atoms with E-state index in [1.165, 1.54) is 18.4 Å². The Bertz CT molecular complexity index is 1570. The molecule has 4 aromatic rings. The Morgan fingerprint density at radius 1 is 0.976 bits per heavy atom. The number of aromatic nitrogens is 1. The van der Waals surface area contributed by atoms with Crippen LogP contribution in [0.25, 0.3) is 10.9 Å². The van der Waals surface area contributed by atoms with Crippen molar-refractivity contribution in [3.63, 3.8) is 0 Å². The second kappa shape index (κ2) is 11.2. The number of carbonyl (C=O) groups excluding carboxylic acids is 1. The van der Waals surface area contributed by atoms with Gasteiger partial charge in [-0.2, -0.15) is 0 Å². The van der Waals surface area contributed by atoms with Gasteiger partial charge in [-0.3, -0.25) is 4.79 Å². The molecule has 1 aliphatic heterocycles. The molecule has 1 unspecified atom stereocenters. The molecule has 0 spiro atoms. The fraction of sp³-hybridized carbons (Fsp3) is 0.371. The van der Waals surface area contributed by atoms with E-state index in [4.69, 9.17) is 9.47 Å². The van der Waals surface area contributed by atoms with E-state index in [0.29, 0.717) is 24.0 Å². The quantitative estimate of drug-likeness (QED) is 0.223. The molecule has 6 heteroatoms. The number of benzene rings is 3. The van der Waals surface area contributed by atoms with Gasteiger partial charge in [0.15, 0.2) is 23.5 Å². The van der Waals surface area contributed by atoms with Crippen molar-refractivity contribution in [3.05, 3.63) is 95.2 Å². The normalized spacial score (nSPS) is 22.1. The summed E-state index contributed by atoms with van der Waals surface area (Å²) in [5, 5.41) is 11.0. The van der Waals surface area contributed by atoms with Crippen molar-refractivity contribution in [2.45, 2.75) is 38.8 Å². The summed E-state index contributed by atoms with van der Waals surface area (Å²) in [5.41, 5.74) is 5.14. The molecule has 1 atom stereocenters. The van der Waals surface area contributed by atoms with Crippen LogP contribution in [0.4, 0.5) is 0 Å². The lowest BCUT2D eigenvalue weighted by Gasteiger charge is -2.41. The standard InChI is InChI=1S/C35H39N2O4/c1-36-14-11-32(38)29-10-9-26(18-31(29)36)23-41-34-21-30-27(20-33(34)40-3)19-28(35(30)39)17-24-12-15-37(2,16-13-24)22-25-7-5-4-6-8-25/h4-11,14,18,20-21,24,28H,12-13,15-17,19,22-23H2,1-3H3/q+1/p+1. The van der Waals surface area contributed by atoms with Crippen LogP contribution in [-0.2, 0) is 26.6 Å². The van der Waals surface area contributed by atoms with Gasteiger partial charge in [-0.15, -0.1) is 0 Å². The molecule has 0 amide bonds. The topological polar surface area (TPSA) is 59.6 Å². The molecule has 1 saturated heterocycles. The maximum atomic E-state index is 13.6. The highest BCUT2D eigenvalue weighted by Crippen LogP contribution is 2.40. The second-order valence-electron chi connectivity index (χ2n) is 12.3. The fourth-order valence-corrected chi connectivity index (χ4v) is 6.80. The summed E-state index contributed by atoms with van der Waals surface area (Å²) < 4.78 is 14.9. The van der Waals surface area contributed by atoms with Crippen LogP contribution >= 0.6 is 0 Å². The Balaban J connectivity index is 1.10. The first-order chi connectivity index (χ1) is 19.8. The third kappa shape index (κ3) is 5.66. The van der Waals surface area contributed by atoms with Gasteiger partial charge in [-0.25, -0.2) is 4.57 Å². The van der Waals surface area contributed by atoms with Crippen LogP contribution in [-0.4, -0.2) is 42.6 Å². The average Bonchev–Trinajstić information content (AvgIpc) is 3.28. The van der Waals surface area contributed by atoms with Gasteiger partial charge in [-0.1, -0.05) is 36.4 Å². The monoisotopic (exact) mass is 552 g/mol. The van der Waals surface area contributed by atoms with Crippen LogP contribution in [0.1, 0.15) is 46.3 Å². The smallest absolute Gasteiger partial charge is 0.216 e. The Labute approximate surface area is 242 Å². The molecule has 1 aliphatic carbocycles. The van der Waals surface area contributed by atoms with Gasteiger partial charge in [0, 0.05) is 29.2 Å². The first kappa shape index (κ1) is 27.3. The average molecular weight is 553 g/mol. The van der Waals surface area contributed by atoms with Crippen LogP contribution in [0.15, 0.2) is 72.9 Å². The molecule has 6 rings (SSSR count). The second-order valence-corrected chi connectivity index (χ2v) is 12.3. The maximum absolute atomic E-state index is 13.6. The molecule has 2 heterocycles. The minimum absolute atomic E-state index is 0.0362. The highest BCUT2D eigenvalue weighted by Gasteiger charge is 2.37. The lowest BCUT2D eigenvalue weighted by atomic mass is 9.84. The van der Waals surface area contributed by atoms with Crippen molar-refractivity contribution in [2.24, 2.45) is 18.9 Å². The number of pyridine rings is 1. The molecular formula is C35H40N2O4+2. The summed E-state index contributed by atoms with van der Waals surface area (Å²) in [5.74, 6) is 2.38. The van der Waals surface area contributed by atoms with Crippen molar-refractivity contribution in [1.29, 1.82) is 0 Å². The van der Waals surface area contributed by atoms with Crippen molar-refractivity contribution in [2.75, 3.05) is 27.2 Å². The summed E-state index contributed by atoms with van der Waals surface area (Å²) in [6, 6.07) is 22.2. The van der Waals surface area contributed by atoms with Crippen LogP contribution in [0.3, 0.4) is 0 Å². The van der Waals surface area contributed by atoms with E-state index in [0.717, 1.165) is 64.6 Å². The van der Waals surface area contributed by atoms with Gasteiger partial charge < -0.3 is 19.1 Å². The molecule has 0 radical (unpaired) electrons. The minimum Gasteiger partial charge on any atom is -0.507 e. The Morgan fingerprint density at radius 2 is 1.76 bits per heavy atom. The number of rotatable bonds is 8. The number of hydrogen-bond donors (Lipinski definition) is 1. The molecule has 1 N–H and O–H groups in total. The molecular weight excluding hydrogens is 512 g/mol.